The number of methoxy groups -OCH3 is 1. The summed E-state index contributed by atoms with van der Waals surface area (Å²) in [6.45, 7) is 6.34. The van der Waals surface area contributed by atoms with Crippen LogP contribution in [0.4, 0.5) is 0 Å². The molecule has 0 radical (unpaired) electrons. The lowest BCUT2D eigenvalue weighted by atomic mass is 9.77. The molecule has 1 rings (SSSR count). The summed E-state index contributed by atoms with van der Waals surface area (Å²) in [7, 11) is 1.46. The van der Waals surface area contributed by atoms with Crippen LogP contribution in [0.5, 0.6) is 0 Å². The maximum Gasteiger partial charge on any atom is 0.146 e. The van der Waals surface area contributed by atoms with Crippen molar-refractivity contribution in [1.82, 2.24) is 0 Å². The first-order valence-electron chi connectivity index (χ1n) is 6.45. The average molecular weight is 272 g/mol. The molecule has 3 nitrogen and oxygen atoms in total. The Morgan fingerprint density at radius 1 is 1.25 bits per heavy atom. The molecule has 1 aromatic carbocycles. The summed E-state index contributed by atoms with van der Waals surface area (Å²) in [6, 6.07) is 7.72. The molecule has 0 aliphatic carbocycles. The van der Waals surface area contributed by atoms with Gasteiger partial charge in [-0.25, -0.2) is 0 Å². The first-order valence-corrected chi connectivity index (χ1v) is 6.45. The Kier molecular flexibility index (Phi) is 5.24. The predicted molar refractivity (Wildman–Crippen MR) is 78.3 cm³/mol. The summed E-state index contributed by atoms with van der Waals surface area (Å²) in [4.78, 5) is 23.6. The van der Waals surface area contributed by atoms with Gasteiger partial charge in [-0.2, -0.15) is 0 Å². The molecule has 1 unspecified atom stereocenters. The van der Waals surface area contributed by atoms with Gasteiger partial charge in [0.05, 0.1) is 0 Å². The van der Waals surface area contributed by atoms with Crippen LogP contribution in [-0.4, -0.2) is 24.8 Å². The fraction of sp³-hybridized carbons (Fsp3) is 0.412. The molecule has 20 heavy (non-hydrogen) atoms. The van der Waals surface area contributed by atoms with Crippen LogP contribution in [0.1, 0.15) is 31.9 Å². The molecular formula is C17H20O3. The zero-order valence-corrected chi connectivity index (χ0v) is 12.6. The molecule has 0 saturated carbocycles. The van der Waals surface area contributed by atoms with E-state index in [1.807, 2.05) is 31.2 Å². The van der Waals surface area contributed by atoms with E-state index in [9.17, 15) is 9.59 Å². The number of aryl methyl sites for hydroxylation is 1. The van der Waals surface area contributed by atoms with Gasteiger partial charge in [-0.05, 0) is 45.4 Å². The van der Waals surface area contributed by atoms with E-state index in [0.29, 0.717) is 0 Å². The Balaban J connectivity index is 3.15. The van der Waals surface area contributed by atoms with E-state index in [1.54, 1.807) is 6.92 Å². The molecule has 3 heteroatoms. The van der Waals surface area contributed by atoms with E-state index in [0.717, 1.165) is 11.1 Å². The van der Waals surface area contributed by atoms with Crippen LogP contribution >= 0.6 is 0 Å². The fourth-order valence-electron chi connectivity index (χ4n) is 1.93. The van der Waals surface area contributed by atoms with Crippen molar-refractivity contribution in [1.29, 1.82) is 0 Å². The average Bonchev–Trinajstić information content (AvgIpc) is 2.38. The van der Waals surface area contributed by atoms with Crippen molar-refractivity contribution in [2.24, 2.45) is 5.41 Å². The van der Waals surface area contributed by atoms with Gasteiger partial charge in [0, 0.05) is 12.7 Å². The fourth-order valence-corrected chi connectivity index (χ4v) is 1.93. The summed E-state index contributed by atoms with van der Waals surface area (Å²) < 4.78 is 5.27. The molecule has 0 bridgehead atoms. The van der Waals surface area contributed by atoms with Gasteiger partial charge in [-0.1, -0.05) is 24.0 Å². The molecule has 1 aromatic rings. The smallest absolute Gasteiger partial charge is 0.146 e. The number of hydrogen-bond donors (Lipinski definition) is 0. The summed E-state index contributed by atoms with van der Waals surface area (Å²) in [5.41, 5.74) is 0.708. The molecule has 0 aliphatic heterocycles. The van der Waals surface area contributed by atoms with Crippen molar-refractivity contribution >= 4 is 11.6 Å². The van der Waals surface area contributed by atoms with E-state index in [4.69, 9.17) is 4.74 Å². The Morgan fingerprint density at radius 2 is 1.85 bits per heavy atom. The topological polar surface area (TPSA) is 43.4 Å². The standard InChI is InChI=1S/C17H20O3/c1-12-7-6-8-15(11-12)9-10-16(20-5)17(4,13(2)18)14(3)19/h6-8,11,16H,1-5H3. The highest BCUT2D eigenvalue weighted by Gasteiger charge is 2.43. The monoisotopic (exact) mass is 272 g/mol. The van der Waals surface area contributed by atoms with E-state index in [2.05, 4.69) is 11.8 Å². The van der Waals surface area contributed by atoms with Crippen molar-refractivity contribution in [2.45, 2.75) is 33.8 Å². The van der Waals surface area contributed by atoms with Gasteiger partial charge < -0.3 is 4.74 Å². The lowest BCUT2D eigenvalue weighted by Gasteiger charge is -2.28. The first-order chi connectivity index (χ1) is 9.32. The molecule has 0 aromatic heterocycles. The minimum Gasteiger partial charge on any atom is -0.367 e. The van der Waals surface area contributed by atoms with E-state index < -0.39 is 11.5 Å². The number of carbonyl (C=O) groups excluding carboxylic acids is 2. The minimum absolute atomic E-state index is 0.240. The van der Waals surface area contributed by atoms with Gasteiger partial charge in [0.1, 0.15) is 23.1 Å². The number of hydrogen-bond acceptors (Lipinski definition) is 3. The molecule has 0 amide bonds. The number of benzene rings is 1. The van der Waals surface area contributed by atoms with Crippen LogP contribution in [0.2, 0.25) is 0 Å². The van der Waals surface area contributed by atoms with Crippen molar-refractivity contribution in [3.05, 3.63) is 35.4 Å². The summed E-state index contributed by atoms with van der Waals surface area (Å²) in [5, 5.41) is 0. The largest absolute Gasteiger partial charge is 0.367 e. The van der Waals surface area contributed by atoms with Gasteiger partial charge in [0.15, 0.2) is 0 Å². The predicted octanol–water partition coefficient (Wildman–Crippen LogP) is 2.55. The van der Waals surface area contributed by atoms with E-state index in [-0.39, 0.29) is 11.6 Å². The second kappa shape index (κ2) is 6.49. The third-order valence-electron chi connectivity index (χ3n) is 3.59. The zero-order chi connectivity index (χ0) is 15.3. The number of ether oxygens (including phenoxy) is 1. The zero-order valence-electron chi connectivity index (χ0n) is 12.6. The van der Waals surface area contributed by atoms with Crippen molar-refractivity contribution in [2.75, 3.05) is 7.11 Å². The molecule has 0 fully saturated rings. The van der Waals surface area contributed by atoms with Crippen LogP contribution in [0.3, 0.4) is 0 Å². The van der Waals surface area contributed by atoms with Crippen LogP contribution in [0.25, 0.3) is 0 Å². The SMILES string of the molecule is COC(C#Cc1cccc(C)c1)C(C)(C(C)=O)C(C)=O. The van der Waals surface area contributed by atoms with Crippen molar-refractivity contribution in [3.63, 3.8) is 0 Å². The van der Waals surface area contributed by atoms with Crippen LogP contribution in [0, 0.1) is 24.2 Å². The maximum atomic E-state index is 11.8. The van der Waals surface area contributed by atoms with Crippen LogP contribution in [0.15, 0.2) is 24.3 Å². The molecule has 0 saturated heterocycles. The Labute approximate surface area is 120 Å². The van der Waals surface area contributed by atoms with Gasteiger partial charge in [0.2, 0.25) is 0 Å². The molecule has 0 N–H and O–H groups in total. The second-order valence-corrected chi connectivity index (χ2v) is 5.07. The van der Waals surface area contributed by atoms with Gasteiger partial charge in [-0.15, -0.1) is 0 Å². The Hall–Kier alpha value is -1.92. The summed E-state index contributed by atoms with van der Waals surface area (Å²) >= 11 is 0. The van der Waals surface area contributed by atoms with Gasteiger partial charge >= 0.3 is 0 Å². The number of carbonyl (C=O) groups is 2. The van der Waals surface area contributed by atoms with E-state index in [1.165, 1.54) is 21.0 Å². The molecule has 1 atom stereocenters. The van der Waals surface area contributed by atoms with Gasteiger partial charge in [0.25, 0.3) is 0 Å². The first kappa shape index (κ1) is 16.1. The van der Waals surface area contributed by atoms with E-state index >= 15 is 0 Å². The van der Waals surface area contributed by atoms with Gasteiger partial charge in [-0.3, -0.25) is 9.59 Å². The minimum atomic E-state index is -1.23. The lowest BCUT2D eigenvalue weighted by Crippen LogP contribution is -2.44. The molecule has 106 valence electrons. The van der Waals surface area contributed by atoms with Crippen molar-refractivity contribution < 1.29 is 14.3 Å². The highest BCUT2D eigenvalue weighted by molar-refractivity contribution is 6.05. The molecular weight excluding hydrogens is 252 g/mol. The number of Topliss-reactive ketones (excluding diaryl/α,β-unsaturated/α-hetero) is 2. The number of ketones is 2. The quantitative estimate of drug-likeness (QED) is 0.625. The third-order valence-corrected chi connectivity index (χ3v) is 3.59. The maximum absolute atomic E-state index is 11.8. The second-order valence-electron chi connectivity index (χ2n) is 5.07. The highest BCUT2D eigenvalue weighted by Crippen LogP contribution is 2.26. The Morgan fingerprint density at radius 3 is 2.30 bits per heavy atom. The number of rotatable bonds is 4. The third kappa shape index (κ3) is 3.34. The molecule has 0 spiro atoms. The summed E-state index contributed by atoms with van der Waals surface area (Å²) in [5.74, 6) is 5.39. The van der Waals surface area contributed by atoms with Crippen LogP contribution in [-0.2, 0) is 14.3 Å². The normalized spacial score (nSPS) is 12.2. The Bertz CT molecular complexity index is 561. The van der Waals surface area contributed by atoms with Crippen LogP contribution < -0.4 is 0 Å². The summed E-state index contributed by atoms with van der Waals surface area (Å²) in [6.07, 6.45) is -0.752. The van der Waals surface area contributed by atoms with Crippen molar-refractivity contribution in [3.8, 4) is 11.8 Å². The highest BCUT2D eigenvalue weighted by atomic mass is 16.5. The molecule has 0 aliphatic rings. The lowest BCUT2D eigenvalue weighted by molar-refractivity contribution is -0.143. The molecule has 0 heterocycles.